The van der Waals surface area contributed by atoms with Gasteiger partial charge >= 0.3 is 0 Å². The first-order chi connectivity index (χ1) is 9.59. The zero-order chi connectivity index (χ0) is 14.2. The van der Waals surface area contributed by atoms with Crippen LogP contribution in [0.2, 0.25) is 5.02 Å². The largest absolute Gasteiger partial charge is 0.243 e. The van der Waals surface area contributed by atoms with Crippen molar-refractivity contribution in [3.8, 4) is 0 Å². The minimum absolute atomic E-state index is 0.0318. The number of hydrogen-bond acceptors (Lipinski definition) is 3. The van der Waals surface area contributed by atoms with Crippen LogP contribution in [-0.2, 0) is 10.0 Å². The number of hydrogen-bond donors (Lipinski definition) is 0. The molecule has 0 N–H and O–H groups in total. The standard InChI is InChI=1S/C14H14ClNO2S2/c15-11-5-7-12(8-6-11)20(17,18)16-9-1-3-13(16)14-4-2-10-19-14/h2,4-8,10,13H,1,3,9H2/t13-/m0/s1. The molecule has 2 aromatic rings. The van der Waals surface area contributed by atoms with Crippen LogP contribution in [0.15, 0.2) is 46.7 Å². The molecule has 0 saturated carbocycles. The molecule has 1 fully saturated rings. The Hall–Kier alpha value is -0.880. The van der Waals surface area contributed by atoms with Crippen molar-refractivity contribution in [2.45, 2.75) is 23.8 Å². The van der Waals surface area contributed by atoms with Crippen molar-refractivity contribution in [3.63, 3.8) is 0 Å². The third-order valence-electron chi connectivity index (χ3n) is 3.50. The van der Waals surface area contributed by atoms with Crippen LogP contribution in [0.1, 0.15) is 23.8 Å². The zero-order valence-electron chi connectivity index (χ0n) is 10.7. The quantitative estimate of drug-likeness (QED) is 0.856. The van der Waals surface area contributed by atoms with Crippen molar-refractivity contribution in [2.75, 3.05) is 6.54 Å². The molecule has 106 valence electrons. The van der Waals surface area contributed by atoms with Gasteiger partial charge in [0.1, 0.15) is 0 Å². The second-order valence-electron chi connectivity index (χ2n) is 4.74. The number of sulfonamides is 1. The van der Waals surface area contributed by atoms with E-state index < -0.39 is 10.0 Å². The van der Waals surface area contributed by atoms with Crippen LogP contribution in [0.3, 0.4) is 0 Å². The molecule has 2 heterocycles. The van der Waals surface area contributed by atoms with Crippen LogP contribution < -0.4 is 0 Å². The maximum Gasteiger partial charge on any atom is 0.243 e. The van der Waals surface area contributed by atoms with E-state index in [4.69, 9.17) is 11.6 Å². The molecule has 0 unspecified atom stereocenters. The summed E-state index contributed by atoms with van der Waals surface area (Å²) < 4.78 is 27.1. The lowest BCUT2D eigenvalue weighted by molar-refractivity contribution is 0.401. The highest BCUT2D eigenvalue weighted by molar-refractivity contribution is 7.89. The van der Waals surface area contributed by atoms with E-state index in [1.165, 1.54) is 0 Å². The molecule has 20 heavy (non-hydrogen) atoms. The Kier molecular flexibility index (Phi) is 3.86. The van der Waals surface area contributed by atoms with E-state index in [2.05, 4.69) is 0 Å². The van der Waals surface area contributed by atoms with Gasteiger partial charge in [-0.05, 0) is 48.6 Å². The fourth-order valence-electron chi connectivity index (χ4n) is 2.54. The number of halogens is 1. The van der Waals surface area contributed by atoms with Crippen LogP contribution in [0, 0.1) is 0 Å². The predicted molar refractivity (Wildman–Crippen MR) is 81.6 cm³/mol. The summed E-state index contributed by atoms with van der Waals surface area (Å²) >= 11 is 7.44. The molecule has 0 amide bonds. The van der Waals surface area contributed by atoms with E-state index in [0.29, 0.717) is 16.5 Å². The van der Waals surface area contributed by atoms with Crippen LogP contribution in [0.4, 0.5) is 0 Å². The van der Waals surface area contributed by atoms with Crippen LogP contribution in [-0.4, -0.2) is 19.3 Å². The predicted octanol–water partition coefficient (Wildman–Crippen LogP) is 3.93. The highest BCUT2D eigenvalue weighted by Gasteiger charge is 2.36. The van der Waals surface area contributed by atoms with Crippen molar-refractivity contribution < 1.29 is 8.42 Å². The lowest BCUT2D eigenvalue weighted by Crippen LogP contribution is -2.30. The first-order valence-corrected chi connectivity index (χ1v) is 9.09. The smallest absolute Gasteiger partial charge is 0.207 e. The van der Waals surface area contributed by atoms with E-state index in [9.17, 15) is 8.42 Å². The van der Waals surface area contributed by atoms with Gasteiger partial charge in [0.25, 0.3) is 0 Å². The Bertz CT molecular complexity index is 680. The SMILES string of the molecule is O=S(=O)(c1ccc(Cl)cc1)N1CCC[C@H]1c1cccs1. The van der Waals surface area contributed by atoms with Gasteiger partial charge in [0.05, 0.1) is 10.9 Å². The first-order valence-electron chi connectivity index (χ1n) is 6.40. The van der Waals surface area contributed by atoms with Crippen molar-refractivity contribution in [3.05, 3.63) is 51.7 Å². The molecule has 3 rings (SSSR count). The lowest BCUT2D eigenvalue weighted by atomic mass is 10.2. The number of benzene rings is 1. The van der Waals surface area contributed by atoms with Crippen molar-refractivity contribution in [1.82, 2.24) is 4.31 Å². The molecule has 1 aliphatic heterocycles. The third kappa shape index (κ3) is 2.51. The number of nitrogens with zero attached hydrogens (tertiary/aromatic N) is 1. The number of thiophene rings is 1. The van der Waals surface area contributed by atoms with Gasteiger partial charge in [0.15, 0.2) is 0 Å². The molecule has 0 spiro atoms. The van der Waals surface area contributed by atoms with Gasteiger partial charge in [-0.15, -0.1) is 11.3 Å². The van der Waals surface area contributed by atoms with Crippen molar-refractivity contribution >= 4 is 33.0 Å². The number of rotatable bonds is 3. The fraction of sp³-hybridized carbons (Fsp3) is 0.286. The minimum atomic E-state index is -3.45. The molecule has 1 saturated heterocycles. The summed E-state index contributed by atoms with van der Waals surface area (Å²) in [5.41, 5.74) is 0. The van der Waals surface area contributed by atoms with Crippen LogP contribution in [0.25, 0.3) is 0 Å². The van der Waals surface area contributed by atoms with E-state index in [-0.39, 0.29) is 6.04 Å². The summed E-state index contributed by atoms with van der Waals surface area (Å²) in [6, 6.07) is 10.3. The summed E-state index contributed by atoms with van der Waals surface area (Å²) in [6.45, 7) is 0.577. The summed E-state index contributed by atoms with van der Waals surface area (Å²) in [6.07, 6.45) is 1.78. The second-order valence-corrected chi connectivity index (χ2v) is 8.05. The van der Waals surface area contributed by atoms with Gasteiger partial charge in [-0.3, -0.25) is 0 Å². The van der Waals surface area contributed by atoms with Gasteiger partial charge in [-0.25, -0.2) is 8.42 Å². The highest BCUT2D eigenvalue weighted by Crippen LogP contribution is 2.38. The summed E-state index contributed by atoms with van der Waals surface area (Å²) in [4.78, 5) is 1.42. The molecular formula is C14H14ClNO2S2. The van der Waals surface area contributed by atoms with Gasteiger partial charge in [0.2, 0.25) is 10.0 Å². The Balaban J connectivity index is 1.96. The van der Waals surface area contributed by atoms with E-state index >= 15 is 0 Å². The van der Waals surface area contributed by atoms with Gasteiger partial charge in [-0.1, -0.05) is 17.7 Å². The van der Waals surface area contributed by atoms with Gasteiger partial charge < -0.3 is 0 Å². The Morgan fingerprint density at radius 2 is 1.95 bits per heavy atom. The normalized spacial score (nSPS) is 20.4. The van der Waals surface area contributed by atoms with E-state index in [1.807, 2.05) is 17.5 Å². The molecule has 1 aromatic heterocycles. The summed E-state index contributed by atoms with van der Waals surface area (Å²) in [5, 5.41) is 2.53. The molecule has 1 aromatic carbocycles. The van der Waals surface area contributed by atoms with E-state index in [1.54, 1.807) is 39.9 Å². The average Bonchev–Trinajstić information content (AvgIpc) is 3.10. The van der Waals surface area contributed by atoms with Crippen LogP contribution >= 0.6 is 22.9 Å². The third-order valence-corrected chi connectivity index (χ3v) is 6.64. The maximum absolute atomic E-state index is 12.7. The van der Waals surface area contributed by atoms with Crippen molar-refractivity contribution in [2.24, 2.45) is 0 Å². The first kappa shape index (κ1) is 14.1. The summed E-state index contributed by atoms with van der Waals surface area (Å²) in [7, 11) is -3.45. The molecule has 0 radical (unpaired) electrons. The molecule has 0 bridgehead atoms. The Labute approximate surface area is 127 Å². The Morgan fingerprint density at radius 1 is 1.20 bits per heavy atom. The lowest BCUT2D eigenvalue weighted by Gasteiger charge is -2.23. The van der Waals surface area contributed by atoms with E-state index in [0.717, 1.165) is 17.7 Å². The fourth-order valence-corrected chi connectivity index (χ4v) is 5.28. The maximum atomic E-state index is 12.7. The van der Waals surface area contributed by atoms with Crippen LogP contribution in [0.5, 0.6) is 0 Å². The molecular weight excluding hydrogens is 314 g/mol. The molecule has 1 aliphatic rings. The zero-order valence-corrected chi connectivity index (χ0v) is 13.1. The highest BCUT2D eigenvalue weighted by atomic mass is 35.5. The molecule has 1 atom stereocenters. The van der Waals surface area contributed by atoms with Crippen molar-refractivity contribution in [1.29, 1.82) is 0 Å². The average molecular weight is 328 g/mol. The monoisotopic (exact) mass is 327 g/mol. The minimum Gasteiger partial charge on any atom is -0.207 e. The van der Waals surface area contributed by atoms with Gasteiger partial charge in [0, 0.05) is 16.4 Å². The summed E-state index contributed by atoms with van der Waals surface area (Å²) in [5.74, 6) is 0. The topological polar surface area (TPSA) is 37.4 Å². The molecule has 6 heteroatoms. The molecule has 3 nitrogen and oxygen atoms in total. The van der Waals surface area contributed by atoms with Gasteiger partial charge in [-0.2, -0.15) is 4.31 Å². The Morgan fingerprint density at radius 3 is 2.60 bits per heavy atom. The second kappa shape index (κ2) is 5.48. The molecule has 0 aliphatic carbocycles.